The van der Waals surface area contributed by atoms with E-state index in [1.165, 1.54) is 0 Å². The molecule has 0 aromatic heterocycles. The number of anilines is 2. The standard InChI is InChI=1S/C27H37N3O6S/c1-20-16-25(34-3)17-21(2)27(20)37(32,33)30-11-5-4-6-24(30)18-36-19-26(31)28-22-7-9-23(10-8-22)29-12-14-35-15-13-29/h7-10,16-17,24H,4-6,11-15,18-19H2,1-3H3,(H,28,31). The molecule has 9 nitrogen and oxygen atoms in total. The lowest BCUT2D eigenvalue weighted by Gasteiger charge is -2.35. The second-order valence-corrected chi connectivity index (χ2v) is 11.4. The summed E-state index contributed by atoms with van der Waals surface area (Å²) < 4.78 is 45.3. The van der Waals surface area contributed by atoms with Gasteiger partial charge < -0.3 is 24.4 Å². The number of rotatable bonds is 9. The van der Waals surface area contributed by atoms with E-state index >= 15 is 0 Å². The number of nitrogens with zero attached hydrogens (tertiary/aromatic N) is 2. The number of nitrogens with one attached hydrogen (secondary N) is 1. The van der Waals surface area contributed by atoms with Crippen molar-refractivity contribution in [3.8, 4) is 5.75 Å². The van der Waals surface area contributed by atoms with Crippen molar-refractivity contribution >= 4 is 27.3 Å². The number of hydrogen-bond acceptors (Lipinski definition) is 7. The summed E-state index contributed by atoms with van der Waals surface area (Å²) in [5, 5.41) is 2.85. The third-order valence-electron chi connectivity index (χ3n) is 6.88. The van der Waals surface area contributed by atoms with Crippen LogP contribution in [0.2, 0.25) is 0 Å². The number of sulfonamides is 1. The molecule has 0 spiro atoms. The molecule has 2 saturated heterocycles. The minimum absolute atomic E-state index is 0.143. The predicted molar refractivity (Wildman–Crippen MR) is 143 cm³/mol. The molecular formula is C27H37N3O6S. The van der Waals surface area contributed by atoms with Gasteiger partial charge in [-0.2, -0.15) is 4.31 Å². The average Bonchev–Trinajstić information content (AvgIpc) is 2.89. The third kappa shape index (κ3) is 6.62. The maximum Gasteiger partial charge on any atom is 0.250 e. The van der Waals surface area contributed by atoms with Crippen LogP contribution in [0.1, 0.15) is 30.4 Å². The molecule has 2 aliphatic rings. The molecule has 0 saturated carbocycles. The first-order chi connectivity index (χ1) is 17.8. The summed E-state index contributed by atoms with van der Waals surface area (Å²) in [6.45, 7) is 7.17. The fraction of sp³-hybridized carbons (Fsp3) is 0.519. The molecule has 0 bridgehead atoms. The molecule has 4 rings (SSSR count). The van der Waals surface area contributed by atoms with Crippen LogP contribution >= 0.6 is 0 Å². The fourth-order valence-electron chi connectivity index (χ4n) is 5.07. The van der Waals surface area contributed by atoms with Gasteiger partial charge in [0.25, 0.3) is 0 Å². The Morgan fingerprint density at radius 2 is 1.73 bits per heavy atom. The maximum atomic E-state index is 13.7. The number of benzene rings is 2. The number of carbonyl (C=O) groups is 1. The van der Waals surface area contributed by atoms with Gasteiger partial charge in [-0.15, -0.1) is 0 Å². The summed E-state index contributed by atoms with van der Waals surface area (Å²) in [7, 11) is -2.16. The largest absolute Gasteiger partial charge is 0.497 e. The van der Waals surface area contributed by atoms with E-state index in [9.17, 15) is 13.2 Å². The summed E-state index contributed by atoms with van der Waals surface area (Å²) >= 11 is 0. The zero-order valence-electron chi connectivity index (χ0n) is 21.9. The number of piperidine rings is 1. The quantitative estimate of drug-likeness (QED) is 0.530. The topological polar surface area (TPSA) is 97.4 Å². The molecule has 1 unspecified atom stereocenters. The molecule has 1 N–H and O–H groups in total. The second-order valence-electron chi connectivity index (χ2n) is 9.57. The van der Waals surface area contributed by atoms with Gasteiger partial charge in [0.1, 0.15) is 12.4 Å². The van der Waals surface area contributed by atoms with Crippen LogP contribution in [0.15, 0.2) is 41.3 Å². The summed E-state index contributed by atoms with van der Waals surface area (Å²) in [4.78, 5) is 15.0. The smallest absolute Gasteiger partial charge is 0.250 e. The molecule has 0 radical (unpaired) electrons. The minimum Gasteiger partial charge on any atom is -0.497 e. The monoisotopic (exact) mass is 531 g/mol. The first-order valence-electron chi connectivity index (χ1n) is 12.8. The Bertz CT molecular complexity index is 1160. The molecule has 202 valence electrons. The van der Waals surface area contributed by atoms with E-state index in [4.69, 9.17) is 14.2 Å². The summed E-state index contributed by atoms with van der Waals surface area (Å²) in [5.41, 5.74) is 3.10. The highest BCUT2D eigenvalue weighted by molar-refractivity contribution is 7.89. The van der Waals surface area contributed by atoms with E-state index in [-0.39, 0.29) is 25.2 Å². The van der Waals surface area contributed by atoms with E-state index < -0.39 is 10.0 Å². The summed E-state index contributed by atoms with van der Waals surface area (Å²) in [5.74, 6) is 0.361. The molecule has 2 fully saturated rings. The van der Waals surface area contributed by atoms with Crippen molar-refractivity contribution in [2.45, 2.75) is 44.0 Å². The van der Waals surface area contributed by atoms with Gasteiger partial charge in [0.05, 0.1) is 31.8 Å². The molecule has 1 atom stereocenters. The van der Waals surface area contributed by atoms with Crippen LogP contribution in [0, 0.1) is 13.8 Å². The van der Waals surface area contributed by atoms with Crippen LogP contribution in [0.3, 0.4) is 0 Å². The van der Waals surface area contributed by atoms with Gasteiger partial charge in [0.2, 0.25) is 15.9 Å². The molecule has 1 amide bonds. The number of hydrogen-bond donors (Lipinski definition) is 1. The first kappa shape index (κ1) is 27.4. The van der Waals surface area contributed by atoms with Gasteiger partial charge in [0, 0.05) is 37.1 Å². The Morgan fingerprint density at radius 3 is 2.38 bits per heavy atom. The zero-order chi connectivity index (χ0) is 26.4. The number of morpholine rings is 1. The van der Waals surface area contributed by atoms with Crippen molar-refractivity contribution in [3.63, 3.8) is 0 Å². The highest BCUT2D eigenvalue weighted by Crippen LogP contribution is 2.32. The number of methoxy groups -OCH3 is 1. The van der Waals surface area contributed by atoms with Crippen LogP contribution in [0.4, 0.5) is 11.4 Å². The van der Waals surface area contributed by atoms with Crippen molar-refractivity contribution in [2.24, 2.45) is 0 Å². The van der Waals surface area contributed by atoms with Gasteiger partial charge in [-0.3, -0.25) is 4.79 Å². The highest BCUT2D eigenvalue weighted by atomic mass is 32.2. The summed E-state index contributed by atoms with van der Waals surface area (Å²) in [6, 6.07) is 10.9. The van der Waals surface area contributed by atoms with Crippen LogP contribution in [-0.2, 0) is 24.3 Å². The second kappa shape index (κ2) is 12.3. The van der Waals surface area contributed by atoms with Crippen LogP contribution in [0.5, 0.6) is 5.75 Å². The molecule has 2 aromatic carbocycles. The molecule has 10 heteroatoms. The molecular weight excluding hydrogens is 494 g/mol. The van der Waals surface area contributed by atoms with Crippen LogP contribution < -0.4 is 15.0 Å². The van der Waals surface area contributed by atoms with E-state index in [1.54, 1.807) is 37.4 Å². The highest BCUT2D eigenvalue weighted by Gasteiger charge is 2.35. The average molecular weight is 532 g/mol. The fourth-order valence-corrected chi connectivity index (χ4v) is 7.17. The Balaban J connectivity index is 1.33. The molecule has 2 aromatic rings. The number of carbonyl (C=O) groups excluding carboxylic acids is 1. The van der Waals surface area contributed by atoms with Crippen molar-refractivity contribution < 1.29 is 27.4 Å². The van der Waals surface area contributed by atoms with Gasteiger partial charge in [-0.25, -0.2) is 8.42 Å². The molecule has 2 aliphatic heterocycles. The van der Waals surface area contributed by atoms with Crippen molar-refractivity contribution in [1.82, 2.24) is 4.31 Å². The first-order valence-corrected chi connectivity index (χ1v) is 14.2. The number of ether oxygens (including phenoxy) is 3. The third-order valence-corrected chi connectivity index (χ3v) is 9.14. The van der Waals surface area contributed by atoms with Gasteiger partial charge in [-0.05, 0) is 74.2 Å². The normalized spacial score (nSPS) is 19.0. The minimum atomic E-state index is -3.72. The Kier molecular flexibility index (Phi) is 9.07. The maximum absolute atomic E-state index is 13.7. The molecule has 0 aliphatic carbocycles. The lowest BCUT2D eigenvalue weighted by Crippen LogP contribution is -2.46. The number of aryl methyl sites for hydroxylation is 2. The van der Waals surface area contributed by atoms with Crippen LogP contribution in [0.25, 0.3) is 0 Å². The van der Waals surface area contributed by atoms with Gasteiger partial charge in [-0.1, -0.05) is 6.42 Å². The van der Waals surface area contributed by atoms with Crippen molar-refractivity contribution in [3.05, 3.63) is 47.5 Å². The lowest BCUT2D eigenvalue weighted by atomic mass is 10.1. The Hall–Kier alpha value is -2.66. The van der Waals surface area contributed by atoms with E-state index in [0.717, 1.165) is 44.8 Å². The zero-order valence-corrected chi connectivity index (χ0v) is 22.7. The molecule has 37 heavy (non-hydrogen) atoms. The van der Waals surface area contributed by atoms with E-state index in [1.807, 2.05) is 24.3 Å². The Morgan fingerprint density at radius 1 is 1.05 bits per heavy atom. The number of amides is 1. The Labute approximate surface area is 219 Å². The summed E-state index contributed by atoms with van der Waals surface area (Å²) in [6.07, 6.45) is 2.41. The van der Waals surface area contributed by atoms with E-state index in [0.29, 0.717) is 40.4 Å². The lowest BCUT2D eigenvalue weighted by molar-refractivity contribution is -0.121. The van der Waals surface area contributed by atoms with Crippen molar-refractivity contribution in [1.29, 1.82) is 0 Å². The predicted octanol–water partition coefficient (Wildman–Crippen LogP) is 3.35. The van der Waals surface area contributed by atoms with Gasteiger partial charge >= 0.3 is 0 Å². The molecule has 2 heterocycles. The van der Waals surface area contributed by atoms with Crippen molar-refractivity contribution in [2.75, 3.05) is 63.4 Å². The van der Waals surface area contributed by atoms with E-state index in [2.05, 4.69) is 10.2 Å². The van der Waals surface area contributed by atoms with Crippen LogP contribution in [-0.4, -0.2) is 77.8 Å². The van der Waals surface area contributed by atoms with Gasteiger partial charge in [0.15, 0.2) is 0 Å². The SMILES string of the molecule is COc1cc(C)c(S(=O)(=O)N2CCCCC2COCC(=O)Nc2ccc(N3CCOCC3)cc2)c(C)c1.